The third kappa shape index (κ3) is 4.40. The van der Waals surface area contributed by atoms with Crippen LogP contribution in [-0.4, -0.2) is 39.1 Å². The molecule has 1 saturated heterocycles. The van der Waals surface area contributed by atoms with Crippen LogP contribution in [0.15, 0.2) is 39.6 Å². The van der Waals surface area contributed by atoms with Crippen LogP contribution >= 0.6 is 11.3 Å². The number of thiazole rings is 1. The van der Waals surface area contributed by atoms with Gasteiger partial charge >= 0.3 is 0 Å². The van der Waals surface area contributed by atoms with Gasteiger partial charge in [0.1, 0.15) is 0 Å². The van der Waals surface area contributed by atoms with E-state index in [0.29, 0.717) is 24.9 Å². The molecule has 0 bridgehead atoms. The maximum absolute atomic E-state index is 12.7. The number of nitrogens with zero attached hydrogens (tertiary/aromatic N) is 4. The smallest absolute Gasteiger partial charge is 0.230 e. The van der Waals surface area contributed by atoms with Gasteiger partial charge in [0.25, 0.3) is 0 Å². The molecule has 0 aliphatic carbocycles. The Balaban J connectivity index is 1.34. The van der Waals surface area contributed by atoms with Gasteiger partial charge < -0.3 is 9.73 Å². The largest absolute Gasteiger partial charge is 0.424 e. The van der Waals surface area contributed by atoms with E-state index in [1.165, 1.54) is 0 Å². The first-order chi connectivity index (χ1) is 13.2. The highest BCUT2D eigenvalue weighted by molar-refractivity contribution is 7.07. The summed E-state index contributed by atoms with van der Waals surface area (Å²) in [6, 6.07) is 7.81. The van der Waals surface area contributed by atoms with E-state index in [0.717, 1.165) is 36.3 Å². The average Bonchev–Trinajstić information content (AvgIpc) is 3.35. The van der Waals surface area contributed by atoms with E-state index in [-0.39, 0.29) is 11.8 Å². The first-order valence-electron chi connectivity index (χ1n) is 8.98. The number of aryl methyl sites for hydroxylation is 1. The van der Waals surface area contributed by atoms with Gasteiger partial charge in [0.15, 0.2) is 0 Å². The molecule has 4 rings (SSSR count). The van der Waals surface area contributed by atoms with Crippen LogP contribution in [-0.2, 0) is 11.3 Å². The molecule has 1 amide bonds. The lowest BCUT2D eigenvalue weighted by Crippen LogP contribution is -2.40. The number of anilines is 1. The lowest BCUT2D eigenvalue weighted by Gasteiger charge is -2.30. The first-order valence-corrected chi connectivity index (χ1v) is 9.92. The Morgan fingerprint density at radius 2 is 2.19 bits per heavy atom. The van der Waals surface area contributed by atoms with Gasteiger partial charge in [0.2, 0.25) is 17.7 Å². The number of hydrogen-bond acceptors (Lipinski definition) is 7. The van der Waals surface area contributed by atoms with Gasteiger partial charge in [-0.25, -0.2) is 4.98 Å². The zero-order valence-corrected chi connectivity index (χ0v) is 15.9. The maximum atomic E-state index is 12.7. The number of amides is 1. The van der Waals surface area contributed by atoms with Crippen LogP contribution in [0.2, 0.25) is 0 Å². The Bertz CT molecular complexity index is 891. The van der Waals surface area contributed by atoms with Crippen molar-refractivity contribution in [3.05, 3.63) is 46.9 Å². The molecule has 3 heterocycles. The van der Waals surface area contributed by atoms with E-state index in [1.807, 2.05) is 35.2 Å². The van der Waals surface area contributed by atoms with E-state index in [4.69, 9.17) is 4.42 Å². The molecule has 1 aliphatic rings. The van der Waals surface area contributed by atoms with Crippen LogP contribution in [0.4, 0.5) is 5.69 Å². The second kappa shape index (κ2) is 7.98. The van der Waals surface area contributed by atoms with Gasteiger partial charge in [-0.05, 0) is 31.5 Å². The molecule has 1 aliphatic heterocycles. The fourth-order valence-electron chi connectivity index (χ4n) is 3.33. The number of piperidine rings is 1. The quantitative estimate of drug-likeness (QED) is 0.727. The molecule has 3 aromatic rings. The summed E-state index contributed by atoms with van der Waals surface area (Å²) in [6.07, 6.45) is 1.87. The molecule has 1 atom stereocenters. The molecule has 2 aromatic heterocycles. The summed E-state index contributed by atoms with van der Waals surface area (Å²) in [6.45, 7) is 4.01. The molecule has 0 unspecified atom stereocenters. The van der Waals surface area contributed by atoms with Crippen molar-refractivity contribution in [1.29, 1.82) is 0 Å². The van der Waals surface area contributed by atoms with Gasteiger partial charge in [-0.15, -0.1) is 21.5 Å². The second-order valence-corrected chi connectivity index (χ2v) is 7.45. The third-order valence-corrected chi connectivity index (χ3v) is 5.27. The predicted molar refractivity (Wildman–Crippen MR) is 103 cm³/mol. The Hall–Kier alpha value is -2.58. The lowest BCUT2D eigenvalue weighted by molar-refractivity contribution is -0.121. The Morgan fingerprint density at radius 1 is 1.33 bits per heavy atom. The monoisotopic (exact) mass is 383 g/mol. The van der Waals surface area contributed by atoms with E-state index in [1.54, 1.807) is 18.3 Å². The van der Waals surface area contributed by atoms with Crippen molar-refractivity contribution < 1.29 is 9.21 Å². The number of rotatable bonds is 5. The van der Waals surface area contributed by atoms with Crippen molar-refractivity contribution in [3.8, 4) is 11.3 Å². The zero-order valence-electron chi connectivity index (χ0n) is 15.1. The van der Waals surface area contributed by atoms with Gasteiger partial charge in [0.05, 0.1) is 23.7 Å². The molecule has 0 spiro atoms. The van der Waals surface area contributed by atoms with Crippen LogP contribution in [0.1, 0.15) is 24.6 Å². The van der Waals surface area contributed by atoms with Gasteiger partial charge in [-0.1, -0.05) is 12.1 Å². The van der Waals surface area contributed by atoms with Crippen LogP contribution in [0.3, 0.4) is 0 Å². The maximum Gasteiger partial charge on any atom is 0.230 e. The summed E-state index contributed by atoms with van der Waals surface area (Å²) in [4.78, 5) is 19.2. The number of benzene rings is 1. The van der Waals surface area contributed by atoms with Crippen LogP contribution in [0.5, 0.6) is 0 Å². The van der Waals surface area contributed by atoms with E-state index in [9.17, 15) is 4.79 Å². The number of carbonyl (C=O) groups is 1. The minimum atomic E-state index is -0.0408. The van der Waals surface area contributed by atoms with Crippen molar-refractivity contribution >= 4 is 22.9 Å². The summed E-state index contributed by atoms with van der Waals surface area (Å²) in [7, 11) is 0. The summed E-state index contributed by atoms with van der Waals surface area (Å²) in [5, 5.41) is 13.0. The lowest BCUT2D eigenvalue weighted by atomic mass is 9.97. The minimum absolute atomic E-state index is 0.0408. The van der Waals surface area contributed by atoms with E-state index in [2.05, 4.69) is 25.4 Å². The molecule has 0 radical (unpaired) electrons. The normalized spacial score (nSPS) is 17.7. The van der Waals surface area contributed by atoms with Crippen molar-refractivity contribution in [1.82, 2.24) is 20.1 Å². The fraction of sp³-hybridized carbons (Fsp3) is 0.368. The molecule has 140 valence electrons. The molecule has 27 heavy (non-hydrogen) atoms. The second-order valence-electron chi connectivity index (χ2n) is 6.73. The molecule has 7 nitrogen and oxygen atoms in total. The zero-order chi connectivity index (χ0) is 18.6. The van der Waals surface area contributed by atoms with Gasteiger partial charge in [0, 0.05) is 30.1 Å². The molecule has 1 N–H and O–H groups in total. The summed E-state index contributed by atoms with van der Waals surface area (Å²) in [5.41, 5.74) is 4.63. The number of aromatic nitrogens is 3. The number of likely N-dealkylation sites (tertiary alicyclic amines) is 1. The number of carbonyl (C=O) groups excluding carboxylic acids is 1. The van der Waals surface area contributed by atoms with Gasteiger partial charge in [-0.2, -0.15) is 0 Å². The van der Waals surface area contributed by atoms with Gasteiger partial charge in [-0.3, -0.25) is 9.69 Å². The number of hydrogen-bond donors (Lipinski definition) is 1. The van der Waals surface area contributed by atoms with Crippen molar-refractivity contribution in [2.24, 2.45) is 5.92 Å². The third-order valence-electron chi connectivity index (χ3n) is 4.68. The SMILES string of the molecule is Cc1nnc(CN2CCC[C@H](C(=O)Nc3ccc(-c4cscn4)cc3)C2)o1. The molecular weight excluding hydrogens is 362 g/mol. The Morgan fingerprint density at radius 3 is 2.89 bits per heavy atom. The standard InChI is InChI=1S/C19H21N5O2S/c1-13-22-23-18(26-13)10-24-8-2-3-15(9-24)19(25)21-16-6-4-14(5-7-16)17-11-27-12-20-17/h4-7,11-12,15H,2-3,8-10H2,1H3,(H,21,25)/t15-/m0/s1. The van der Waals surface area contributed by atoms with Crippen molar-refractivity contribution in [2.75, 3.05) is 18.4 Å². The summed E-state index contributed by atoms with van der Waals surface area (Å²) >= 11 is 1.57. The minimum Gasteiger partial charge on any atom is -0.424 e. The van der Waals surface area contributed by atoms with Crippen LogP contribution < -0.4 is 5.32 Å². The summed E-state index contributed by atoms with van der Waals surface area (Å²) in [5.74, 6) is 1.19. The fourth-order valence-corrected chi connectivity index (χ4v) is 3.89. The van der Waals surface area contributed by atoms with Crippen molar-refractivity contribution in [3.63, 3.8) is 0 Å². The Labute approximate surface area is 161 Å². The molecule has 8 heteroatoms. The summed E-state index contributed by atoms with van der Waals surface area (Å²) < 4.78 is 5.45. The Kier molecular flexibility index (Phi) is 5.26. The molecule has 0 saturated carbocycles. The highest BCUT2D eigenvalue weighted by Crippen LogP contribution is 2.23. The highest BCUT2D eigenvalue weighted by Gasteiger charge is 2.26. The average molecular weight is 383 g/mol. The van der Waals surface area contributed by atoms with Crippen molar-refractivity contribution in [2.45, 2.75) is 26.3 Å². The van der Waals surface area contributed by atoms with E-state index < -0.39 is 0 Å². The topological polar surface area (TPSA) is 84.2 Å². The highest BCUT2D eigenvalue weighted by atomic mass is 32.1. The first kappa shape index (κ1) is 17.8. The van der Waals surface area contributed by atoms with E-state index >= 15 is 0 Å². The van der Waals surface area contributed by atoms with Crippen LogP contribution in [0, 0.1) is 12.8 Å². The molecule has 1 aromatic carbocycles. The number of nitrogens with one attached hydrogen (secondary N) is 1. The predicted octanol–water partition coefficient (Wildman–Crippen LogP) is 3.35. The molecular formula is C19H21N5O2S. The van der Waals surface area contributed by atoms with Crippen LogP contribution in [0.25, 0.3) is 11.3 Å². The molecule has 1 fully saturated rings.